The van der Waals surface area contributed by atoms with Crippen molar-refractivity contribution in [3.8, 4) is 17.0 Å². The van der Waals surface area contributed by atoms with Crippen LogP contribution >= 0.6 is 23.8 Å². The molecule has 0 saturated carbocycles. The van der Waals surface area contributed by atoms with E-state index in [2.05, 4.69) is 9.97 Å². The smallest absolute Gasteiger partial charge is 0.197 e. The summed E-state index contributed by atoms with van der Waals surface area (Å²) in [7, 11) is 1.60. The van der Waals surface area contributed by atoms with Crippen LogP contribution in [0.1, 0.15) is 5.69 Å². The fourth-order valence-corrected chi connectivity index (χ4v) is 2.07. The third kappa shape index (κ3) is 2.65. The molecule has 0 aliphatic rings. The van der Waals surface area contributed by atoms with Gasteiger partial charge in [0.1, 0.15) is 5.75 Å². The molecule has 88 valence electrons. The Bertz CT molecular complexity index is 610. The maximum atomic E-state index is 6.18. The van der Waals surface area contributed by atoms with Crippen LogP contribution in [0.2, 0.25) is 5.02 Å². The van der Waals surface area contributed by atoms with Crippen molar-refractivity contribution in [2.45, 2.75) is 6.92 Å². The Morgan fingerprint density at radius 1 is 1.35 bits per heavy atom. The molecule has 1 heterocycles. The number of benzene rings is 1. The van der Waals surface area contributed by atoms with Crippen LogP contribution in [0, 0.1) is 11.7 Å². The van der Waals surface area contributed by atoms with Crippen LogP contribution in [0.4, 0.5) is 0 Å². The molecular weight excluding hydrogens is 256 g/mol. The van der Waals surface area contributed by atoms with Gasteiger partial charge in [-0.05, 0) is 43.4 Å². The summed E-state index contributed by atoms with van der Waals surface area (Å²) in [6.45, 7) is 1.93. The van der Waals surface area contributed by atoms with Gasteiger partial charge >= 0.3 is 0 Å². The summed E-state index contributed by atoms with van der Waals surface area (Å²) in [4.78, 5) is 7.21. The lowest BCUT2D eigenvalue weighted by atomic mass is 10.1. The molecule has 17 heavy (non-hydrogen) atoms. The number of nitrogens with one attached hydrogen (secondary N) is 1. The molecule has 0 saturated heterocycles. The first kappa shape index (κ1) is 12.1. The molecule has 0 unspecified atom stereocenters. The molecule has 0 fully saturated rings. The molecule has 3 nitrogen and oxygen atoms in total. The number of aromatic amines is 1. The monoisotopic (exact) mass is 266 g/mol. The topological polar surface area (TPSA) is 37.9 Å². The van der Waals surface area contributed by atoms with Gasteiger partial charge in [-0.1, -0.05) is 11.6 Å². The zero-order valence-corrected chi connectivity index (χ0v) is 11.0. The van der Waals surface area contributed by atoms with E-state index in [-0.39, 0.29) is 0 Å². The van der Waals surface area contributed by atoms with Crippen LogP contribution in [-0.4, -0.2) is 17.1 Å². The second-order valence-electron chi connectivity index (χ2n) is 3.60. The van der Waals surface area contributed by atoms with Gasteiger partial charge in [0.15, 0.2) is 4.77 Å². The number of methoxy groups -OCH3 is 1. The molecule has 0 aliphatic heterocycles. The number of aromatic nitrogens is 2. The van der Waals surface area contributed by atoms with E-state index in [1.54, 1.807) is 13.2 Å². The predicted octanol–water partition coefficient (Wildman–Crippen LogP) is 3.78. The summed E-state index contributed by atoms with van der Waals surface area (Å²) in [5.74, 6) is 0.719. The number of ether oxygens (including phenoxy) is 1. The average Bonchev–Trinajstić information content (AvgIpc) is 2.27. The normalized spacial score (nSPS) is 10.3. The first-order valence-corrected chi connectivity index (χ1v) is 5.80. The molecular formula is C12H11ClN2OS. The van der Waals surface area contributed by atoms with Crippen molar-refractivity contribution in [1.82, 2.24) is 9.97 Å². The highest BCUT2D eigenvalue weighted by Gasteiger charge is 2.07. The standard InChI is InChI=1S/C12H11ClN2OS/c1-7-5-11(15-12(17)14-7)9-4-3-8(16-2)6-10(9)13/h3-6H,1-2H3,(H,14,15,17). The number of halogens is 1. The van der Waals surface area contributed by atoms with E-state index in [4.69, 9.17) is 28.6 Å². The molecule has 1 N–H and O–H groups in total. The lowest BCUT2D eigenvalue weighted by Gasteiger charge is -2.06. The maximum Gasteiger partial charge on any atom is 0.197 e. The highest BCUT2D eigenvalue weighted by molar-refractivity contribution is 7.71. The lowest BCUT2D eigenvalue weighted by Crippen LogP contribution is -1.91. The van der Waals surface area contributed by atoms with Crippen LogP contribution < -0.4 is 4.74 Å². The van der Waals surface area contributed by atoms with Crippen LogP contribution in [0.15, 0.2) is 24.3 Å². The van der Waals surface area contributed by atoms with Crippen LogP contribution in [0.3, 0.4) is 0 Å². The van der Waals surface area contributed by atoms with E-state index in [1.807, 2.05) is 25.1 Å². The number of hydrogen-bond donors (Lipinski definition) is 1. The van der Waals surface area contributed by atoms with Crippen LogP contribution in [-0.2, 0) is 0 Å². The van der Waals surface area contributed by atoms with Gasteiger partial charge in [0, 0.05) is 11.3 Å². The molecule has 2 rings (SSSR count). The number of H-pyrrole nitrogens is 1. The zero-order valence-electron chi connectivity index (χ0n) is 9.45. The van der Waals surface area contributed by atoms with Crippen LogP contribution in [0.25, 0.3) is 11.3 Å². The molecule has 0 aliphatic carbocycles. The summed E-state index contributed by atoms with van der Waals surface area (Å²) < 4.78 is 5.55. The summed E-state index contributed by atoms with van der Waals surface area (Å²) in [6, 6.07) is 7.38. The van der Waals surface area contributed by atoms with Gasteiger partial charge in [0.05, 0.1) is 17.8 Å². The predicted molar refractivity (Wildman–Crippen MR) is 71.2 cm³/mol. The lowest BCUT2D eigenvalue weighted by molar-refractivity contribution is 0.415. The van der Waals surface area contributed by atoms with E-state index in [1.165, 1.54) is 0 Å². The number of hydrogen-bond acceptors (Lipinski definition) is 3. The van der Waals surface area contributed by atoms with Crippen molar-refractivity contribution in [3.63, 3.8) is 0 Å². The molecule has 0 bridgehead atoms. The third-order valence-electron chi connectivity index (χ3n) is 2.33. The average molecular weight is 267 g/mol. The second-order valence-corrected chi connectivity index (χ2v) is 4.39. The molecule has 1 aromatic carbocycles. The fourth-order valence-electron chi connectivity index (χ4n) is 1.55. The molecule has 0 amide bonds. The Labute approximate surface area is 109 Å². The van der Waals surface area contributed by atoms with Gasteiger partial charge in [-0.2, -0.15) is 0 Å². The quantitative estimate of drug-likeness (QED) is 0.841. The summed E-state index contributed by atoms with van der Waals surface area (Å²) in [6.07, 6.45) is 0. The minimum atomic E-state index is 0.451. The molecule has 5 heteroatoms. The van der Waals surface area contributed by atoms with E-state index >= 15 is 0 Å². The Balaban J connectivity index is 2.56. The second kappa shape index (κ2) is 4.85. The molecule has 2 aromatic rings. The largest absolute Gasteiger partial charge is 0.497 e. The fraction of sp³-hybridized carbons (Fsp3) is 0.167. The van der Waals surface area contributed by atoms with Gasteiger partial charge in [-0.25, -0.2) is 4.98 Å². The number of nitrogens with zero attached hydrogens (tertiary/aromatic N) is 1. The van der Waals surface area contributed by atoms with Crippen molar-refractivity contribution >= 4 is 23.8 Å². The van der Waals surface area contributed by atoms with Crippen LogP contribution in [0.5, 0.6) is 5.75 Å². The minimum Gasteiger partial charge on any atom is -0.497 e. The van der Waals surface area contributed by atoms with Crippen molar-refractivity contribution in [2.24, 2.45) is 0 Å². The van der Waals surface area contributed by atoms with Gasteiger partial charge < -0.3 is 9.72 Å². The Morgan fingerprint density at radius 2 is 2.12 bits per heavy atom. The summed E-state index contributed by atoms with van der Waals surface area (Å²) >= 11 is 11.2. The third-order valence-corrected chi connectivity index (χ3v) is 2.84. The first-order chi connectivity index (χ1) is 8.10. The summed E-state index contributed by atoms with van der Waals surface area (Å²) in [5, 5.41) is 0.594. The molecule has 1 aromatic heterocycles. The molecule has 0 atom stereocenters. The Morgan fingerprint density at radius 3 is 2.71 bits per heavy atom. The number of aryl methyl sites for hydroxylation is 1. The van der Waals surface area contributed by atoms with Gasteiger partial charge in [-0.15, -0.1) is 0 Å². The number of rotatable bonds is 2. The molecule has 0 radical (unpaired) electrons. The van der Waals surface area contributed by atoms with Crippen molar-refractivity contribution < 1.29 is 4.74 Å². The van der Waals surface area contributed by atoms with E-state index in [0.717, 1.165) is 22.7 Å². The highest BCUT2D eigenvalue weighted by Crippen LogP contribution is 2.29. The van der Waals surface area contributed by atoms with Gasteiger partial charge in [0.2, 0.25) is 0 Å². The SMILES string of the molecule is COc1ccc(-c2cc(C)[nH]c(=S)n2)c(Cl)c1. The minimum absolute atomic E-state index is 0.451. The van der Waals surface area contributed by atoms with E-state index in [9.17, 15) is 0 Å². The van der Waals surface area contributed by atoms with E-state index < -0.39 is 0 Å². The highest BCUT2D eigenvalue weighted by atomic mass is 35.5. The molecule has 0 spiro atoms. The Hall–Kier alpha value is -1.39. The van der Waals surface area contributed by atoms with Crippen molar-refractivity contribution in [1.29, 1.82) is 0 Å². The van der Waals surface area contributed by atoms with Gasteiger partial charge in [-0.3, -0.25) is 0 Å². The first-order valence-electron chi connectivity index (χ1n) is 5.02. The van der Waals surface area contributed by atoms with Crippen molar-refractivity contribution in [3.05, 3.63) is 39.8 Å². The maximum absolute atomic E-state index is 6.18. The Kier molecular flexibility index (Phi) is 3.45. The zero-order chi connectivity index (χ0) is 12.4. The van der Waals surface area contributed by atoms with Crippen molar-refractivity contribution in [2.75, 3.05) is 7.11 Å². The van der Waals surface area contributed by atoms with Gasteiger partial charge in [0.25, 0.3) is 0 Å². The summed E-state index contributed by atoms with van der Waals surface area (Å²) in [5.41, 5.74) is 2.56. The van der Waals surface area contributed by atoms with E-state index in [0.29, 0.717) is 9.79 Å².